The molecule has 9 heteroatoms. The fourth-order valence-electron chi connectivity index (χ4n) is 2.93. The van der Waals surface area contributed by atoms with Gasteiger partial charge in [0, 0.05) is 48.0 Å². The summed E-state index contributed by atoms with van der Waals surface area (Å²) in [5.41, 5.74) is 3.04. The van der Waals surface area contributed by atoms with E-state index in [0.29, 0.717) is 34.7 Å². The second-order valence-corrected chi connectivity index (χ2v) is 8.05. The lowest BCUT2D eigenvalue weighted by Gasteiger charge is -2.19. The summed E-state index contributed by atoms with van der Waals surface area (Å²) in [6.07, 6.45) is 2.70. The van der Waals surface area contributed by atoms with Crippen LogP contribution in [0.25, 0.3) is 0 Å². The van der Waals surface area contributed by atoms with Gasteiger partial charge in [0.15, 0.2) is 5.82 Å². The number of thioether (sulfide) groups is 1. The SMILES string of the molecule is C=C(C)C(=O)Nc1cccc(Oc2nc(Nc3ccn(C)n3)nc3c2CSCC3)c1. The van der Waals surface area contributed by atoms with E-state index in [9.17, 15) is 4.79 Å². The quantitative estimate of drug-likeness (QED) is 0.579. The number of fused-ring (bicyclic) bond motifs is 1. The summed E-state index contributed by atoms with van der Waals surface area (Å²) in [5.74, 6) is 3.77. The van der Waals surface area contributed by atoms with Crippen molar-refractivity contribution in [2.45, 2.75) is 19.1 Å². The average molecular weight is 423 g/mol. The third kappa shape index (κ3) is 4.62. The maximum atomic E-state index is 11.9. The van der Waals surface area contributed by atoms with E-state index in [1.165, 1.54) is 0 Å². The molecular weight excluding hydrogens is 400 g/mol. The Morgan fingerprint density at radius 1 is 1.30 bits per heavy atom. The Hall–Kier alpha value is -3.33. The smallest absolute Gasteiger partial charge is 0.250 e. The van der Waals surface area contributed by atoms with Gasteiger partial charge in [-0.2, -0.15) is 21.8 Å². The highest BCUT2D eigenvalue weighted by molar-refractivity contribution is 7.98. The van der Waals surface area contributed by atoms with Crippen molar-refractivity contribution < 1.29 is 9.53 Å². The van der Waals surface area contributed by atoms with Crippen molar-refractivity contribution in [1.82, 2.24) is 19.7 Å². The van der Waals surface area contributed by atoms with Gasteiger partial charge in [0.1, 0.15) is 5.75 Å². The van der Waals surface area contributed by atoms with Gasteiger partial charge in [0.05, 0.1) is 5.69 Å². The summed E-state index contributed by atoms with van der Waals surface area (Å²) in [4.78, 5) is 21.2. The molecule has 0 radical (unpaired) electrons. The Balaban J connectivity index is 1.62. The number of hydrogen-bond donors (Lipinski definition) is 2. The number of benzene rings is 1. The molecule has 3 heterocycles. The van der Waals surface area contributed by atoms with E-state index in [1.807, 2.05) is 43.2 Å². The zero-order valence-electron chi connectivity index (χ0n) is 16.8. The molecule has 1 aliphatic heterocycles. The number of anilines is 3. The normalized spacial score (nSPS) is 12.7. The van der Waals surface area contributed by atoms with Crippen molar-refractivity contribution >= 4 is 35.1 Å². The van der Waals surface area contributed by atoms with Crippen LogP contribution in [0.1, 0.15) is 18.2 Å². The van der Waals surface area contributed by atoms with Gasteiger partial charge in [-0.1, -0.05) is 12.6 Å². The number of carbonyl (C=O) groups excluding carboxylic acids is 1. The molecule has 1 aromatic carbocycles. The number of carbonyl (C=O) groups is 1. The molecular formula is C21H22N6O2S. The molecule has 1 aliphatic rings. The number of amides is 1. The Kier molecular flexibility index (Phi) is 5.71. The molecule has 0 fully saturated rings. The van der Waals surface area contributed by atoms with Gasteiger partial charge in [0.25, 0.3) is 5.91 Å². The summed E-state index contributed by atoms with van der Waals surface area (Å²) >= 11 is 1.83. The summed E-state index contributed by atoms with van der Waals surface area (Å²) in [6, 6.07) is 9.06. The molecule has 2 aromatic heterocycles. The molecule has 0 saturated carbocycles. The number of hydrogen-bond acceptors (Lipinski definition) is 7. The largest absolute Gasteiger partial charge is 0.438 e. The van der Waals surface area contributed by atoms with E-state index in [4.69, 9.17) is 4.74 Å². The highest BCUT2D eigenvalue weighted by Gasteiger charge is 2.20. The highest BCUT2D eigenvalue weighted by Crippen LogP contribution is 2.34. The summed E-state index contributed by atoms with van der Waals surface area (Å²) in [7, 11) is 1.85. The van der Waals surface area contributed by atoms with Crippen molar-refractivity contribution in [2.24, 2.45) is 7.05 Å². The molecule has 0 aliphatic carbocycles. The van der Waals surface area contributed by atoms with Crippen LogP contribution < -0.4 is 15.4 Å². The number of rotatable bonds is 6. The Labute approximate surface area is 178 Å². The molecule has 8 nitrogen and oxygen atoms in total. The fourth-order valence-corrected chi connectivity index (χ4v) is 3.90. The topological polar surface area (TPSA) is 94.0 Å². The fraction of sp³-hybridized carbons (Fsp3) is 0.238. The van der Waals surface area contributed by atoms with Crippen LogP contribution in [-0.4, -0.2) is 31.4 Å². The van der Waals surface area contributed by atoms with Gasteiger partial charge in [-0.05, 0) is 31.2 Å². The molecule has 154 valence electrons. The van der Waals surface area contributed by atoms with Crippen molar-refractivity contribution in [3.05, 3.63) is 59.9 Å². The molecule has 0 spiro atoms. The standard InChI is InChI=1S/C21H22N6O2S/c1-13(2)19(28)22-14-5-4-6-15(11-14)29-20-16-12-30-10-8-17(16)23-21(25-20)24-18-7-9-27(3)26-18/h4-7,9,11H,1,8,10,12H2,2-3H3,(H,22,28)(H,23,24,25,26). The first-order chi connectivity index (χ1) is 14.5. The number of nitrogens with one attached hydrogen (secondary N) is 2. The molecule has 0 unspecified atom stereocenters. The molecule has 30 heavy (non-hydrogen) atoms. The van der Waals surface area contributed by atoms with Crippen LogP contribution in [-0.2, 0) is 24.0 Å². The number of aryl methyl sites for hydroxylation is 2. The monoisotopic (exact) mass is 422 g/mol. The van der Waals surface area contributed by atoms with Crippen LogP contribution in [0.4, 0.5) is 17.5 Å². The molecule has 0 saturated heterocycles. The van der Waals surface area contributed by atoms with Crippen LogP contribution in [0.2, 0.25) is 0 Å². The first-order valence-electron chi connectivity index (χ1n) is 9.47. The van der Waals surface area contributed by atoms with Gasteiger partial charge in [-0.3, -0.25) is 9.48 Å². The minimum absolute atomic E-state index is 0.232. The molecule has 3 aromatic rings. The maximum Gasteiger partial charge on any atom is 0.250 e. The van der Waals surface area contributed by atoms with E-state index in [2.05, 4.69) is 32.3 Å². The van der Waals surface area contributed by atoms with Gasteiger partial charge < -0.3 is 15.4 Å². The van der Waals surface area contributed by atoms with Crippen LogP contribution in [0.15, 0.2) is 48.7 Å². The minimum Gasteiger partial charge on any atom is -0.438 e. The third-order valence-electron chi connectivity index (χ3n) is 4.43. The lowest BCUT2D eigenvalue weighted by molar-refractivity contribution is -0.112. The Morgan fingerprint density at radius 2 is 2.17 bits per heavy atom. The van der Waals surface area contributed by atoms with Crippen molar-refractivity contribution in [3.8, 4) is 11.6 Å². The van der Waals surface area contributed by atoms with Crippen molar-refractivity contribution in [3.63, 3.8) is 0 Å². The lowest BCUT2D eigenvalue weighted by Crippen LogP contribution is -2.12. The van der Waals surface area contributed by atoms with Crippen molar-refractivity contribution in [1.29, 1.82) is 0 Å². The summed E-state index contributed by atoms with van der Waals surface area (Å²) in [5, 5.41) is 10.3. The minimum atomic E-state index is -0.232. The molecule has 4 rings (SSSR count). The predicted molar refractivity (Wildman–Crippen MR) is 118 cm³/mol. The summed E-state index contributed by atoms with van der Waals surface area (Å²) < 4.78 is 7.85. The van der Waals surface area contributed by atoms with Crippen LogP contribution in [0, 0.1) is 0 Å². The Morgan fingerprint density at radius 3 is 2.93 bits per heavy atom. The summed E-state index contributed by atoms with van der Waals surface area (Å²) in [6.45, 7) is 5.32. The molecule has 0 atom stereocenters. The van der Waals surface area contributed by atoms with E-state index < -0.39 is 0 Å². The van der Waals surface area contributed by atoms with E-state index in [1.54, 1.807) is 23.7 Å². The zero-order valence-corrected chi connectivity index (χ0v) is 17.6. The van der Waals surface area contributed by atoms with Gasteiger partial charge in [0.2, 0.25) is 11.8 Å². The van der Waals surface area contributed by atoms with E-state index >= 15 is 0 Å². The van der Waals surface area contributed by atoms with Gasteiger partial charge >= 0.3 is 0 Å². The van der Waals surface area contributed by atoms with Gasteiger partial charge in [-0.15, -0.1) is 0 Å². The zero-order chi connectivity index (χ0) is 21.1. The first-order valence-corrected chi connectivity index (χ1v) is 10.6. The van der Waals surface area contributed by atoms with E-state index in [-0.39, 0.29) is 5.91 Å². The van der Waals surface area contributed by atoms with Crippen LogP contribution >= 0.6 is 11.8 Å². The second-order valence-electron chi connectivity index (χ2n) is 6.94. The predicted octanol–water partition coefficient (Wildman–Crippen LogP) is 4.05. The number of nitrogens with zero attached hydrogens (tertiary/aromatic N) is 4. The Bertz CT molecular complexity index is 1110. The van der Waals surface area contributed by atoms with Crippen LogP contribution in [0.5, 0.6) is 11.6 Å². The maximum absolute atomic E-state index is 11.9. The second kappa shape index (κ2) is 8.58. The number of aromatic nitrogens is 4. The lowest BCUT2D eigenvalue weighted by atomic mass is 10.2. The number of ether oxygens (including phenoxy) is 1. The molecule has 1 amide bonds. The third-order valence-corrected chi connectivity index (χ3v) is 5.42. The van der Waals surface area contributed by atoms with Crippen LogP contribution in [0.3, 0.4) is 0 Å². The average Bonchev–Trinajstić information content (AvgIpc) is 3.12. The van der Waals surface area contributed by atoms with E-state index in [0.717, 1.165) is 29.2 Å². The van der Waals surface area contributed by atoms with Gasteiger partial charge in [-0.25, -0.2) is 4.98 Å². The highest BCUT2D eigenvalue weighted by atomic mass is 32.2. The molecule has 0 bridgehead atoms. The molecule has 2 N–H and O–H groups in total. The van der Waals surface area contributed by atoms with Crippen molar-refractivity contribution in [2.75, 3.05) is 16.4 Å². The first kappa shape index (κ1) is 20.0.